The molecule has 0 unspecified atom stereocenters. The molecule has 0 atom stereocenters. The molecule has 0 bridgehead atoms. The lowest BCUT2D eigenvalue weighted by Gasteiger charge is -2.16. The van der Waals surface area contributed by atoms with Crippen LogP contribution in [-0.2, 0) is 24.4 Å². The van der Waals surface area contributed by atoms with Crippen molar-refractivity contribution in [3.63, 3.8) is 0 Å². The van der Waals surface area contributed by atoms with Gasteiger partial charge in [-0.15, -0.1) is 12.4 Å². The maximum Gasteiger partial charge on any atom is 0.222 e. The van der Waals surface area contributed by atoms with Crippen molar-refractivity contribution in [2.24, 2.45) is 0 Å². The molecule has 2 aliphatic heterocycles. The third-order valence-electron chi connectivity index (χ3n) is 3.45. The van der Waals surface area contributed by atoms with Gasteiger partial charge in [0.05, 0.1) is 0 Å². The maximum absolute atomic E-state index is 11.5. The monoisotopic (exact) mass is 252 g/mol. The SMILES string of the molecule is Cl.O=C1CCCN1Cc1ccc2c(c1)CNC2. The molecule has 3 rings (SSSR count). The largest absolute Gasteiger partial charge is 0.338 e. The van der Waals surface area contributed by atoms with Gasteiger partial charge in [-0.1, -0.05) is 18.2 Å². The molecular weight excluding hydrogens is 236 g/mol. The van der Waals surface area contributed by atoms with E-state index in [1.54, 1.807) is 0 Å². The van der Waals surface area contributed by atoms with E-state index in [0.29, 0.717) is 5.91 Å². The van der Waals surface area contributed by atoms with E-state index in [-0.39, 0.29) is 12.4 Å². The Morgan fingerprint density at radius 3 is 2.82 bits per heavy atom. The average molecular weight is 253 g/mol. The van der Waals surface area contributed by atoms with Gasteiger partial charge in [0.25, 0.3) is 0 Å². The van der Waals surface area contributed by atoms with Crippen LogP contribution in [0.2, 0.25) is 0 Å². The number of carbonyl (C=O) groups is 1. The van der Waals surface area contributed by atoms with Crippen molar-refractivity contribution in [1.82, 2.24) is 10.2 Å². The number of halogens is 1. The van der Waals surface area contributed by atoms with Crippen molar-refractivity contribution >= 4 is 18.3 Å². The first-order valence-electron chi connectivity index (χ1n) is 5.92. The Kier molecular flexibility index (Phi) is 3.69. The van der Waals surface area contributed by atoms with E-state index in [1.807, 2.05) is 4.90 Å². The highest BCUT2D eigenvalue weighted by atomic mass is 35.5. The number of rotatable bonds is 2. The van der Waals surface area contributed by atoms with Crippen LogP contribution in [0.3, 0.4) is 0 Å². The zero-order valence-electron chi connectivity index (χ0n) is 9.74. The van der Waals surface area contributed by atoms with Gasteiger partial charge in [-0.05, 0) is 23.1 Å². The van der Waals surface area contributed by atoms with Crippen LogP contribution in [0.5, 0.6) is 0 Å². The number of hydrogen-bond acceptors (Lipinski definition) is 2. The minimum Gasteiger partial charge on any atom is -0.338 e. The van der Waals surface area contributed by atoms with Gasteiger partial charge in [-0.2, -0.15) is 0 Å². The number of benzene rings is 1. The van der Waals surface area contributed by atoms with Crippen LogP contribution >= 0.6 is 12.4 Å². The van der Waals surface area contributed by atoms with E-state index in [4.69, 9.17) is 0 Å². The lowest BCUT2D eigenvalue weighted by molar-refractivity contribution is -0.128. The zero-order chi connectivity index (χ0) is 11.0. The summed E-state index contributed by atoms with van der Waals surface area (Å²) in [4.78, 5) is 13.5. The second-order valence-electron chi connectivity index (χ2n) is 4.63. The molecule has 1 aromatic rings. The normalized spacial score (nSPS) is 18.1. The molecule has 1 saturated heterocycles. The number of likely N-dealkylation sites (tertiary alicyclic amines) is 1. The molecule has 17 heavy (non-hydrogen) atoms. The van der Waals surface area contributed by atoms with Crippen LogP contribution in [0.15, 0.2) is 18.2 Å². The van der Waals surface area contributed by atoms with Gasteiger partial charge in [-0.3, -0.25) is 4.79 Å². The second kappa shape index (κ2) is 5.07. The van der Waals surface area contributed by atoms with Gasteiger partial charge < -0.3 is 10.2 Å². The van der Waals surface area contributed by atoms with E-state index in [2.05, 4.69) is 23.5 Å². The van der Waals surface area contributed by atoms with Gasteiger partial charge in [0.2, 0.25) is 5.91 Å². The molecule has 1 N–H and O–H groups in total. The Bertz CT molecular complexity index is 433. The number of nitrogens with one attached hydrogen (secondary N) is 1. The molecule has 0 spiro atoms. The molecule has 1 amide bonds. The van der Waals surface area contributed by atoms with Crippen LogP contribution in [0.4, 0.5) is 0 Å². The summed E-state index contributed by atoms with van der Waals surface area (Å²) in [5.74, 6) is 0.304. The van der Waals surface area contributed by atoms with Crippen molar-refractivity contribution in [3.05, 3.63) is 34.9 Å². The molecule has 2 aliphatic rings. The number of hydrogen-bond donors (Lipinski definition) is 1. The van der Waals surface area contributed by atoms with Crippen molar-refractivity contribution < 1.29 is 4.79 Å². The van der Waals surface area contributed by atoms with E-state index < -0.39 is 0 Å². The number of nitrogens with zero attached hydrogens (tertiary/aromatic N) is 1. The molecule has 1 fully saturated rings. The summed E-state index contributed by atoms with van der Waals surface area (Å²) in [7, 11) is 0. The topological polar surface area (TPSA) is 32.3 Å². The third-order valence-corrected chi connectivity index (χ3v) is 3.45. The highest BCUT2D eigenvalue weighted by molar-refractivity contribution is 5.85. The van der Waals surface area contributed by atoms with Gasteiger partial charge >= 0.3 is 0 Å². The summed E-state index contributed by atoms with van der Waals surface area (Å²) in [5, 5.41) is 3.34. The summed E-state index contributed by atoms with van der Waals surface area (Å²) in [6.07, 6.45) is 1.75. The van der Waals surface area contributed by atoms with Crippen molar-refractivity contribution in [2.45, 2.75) is 32.5 Å². The summed E-state index contributed by atoms with van der Waals surface area (Å²) >= 11 is 0. The first-order valence-corrected chi connectivity index (χ1v) is 5.92. The lowest BCUT2D eigenvalue weighted by Crippen LogP contribution is -2.23. The molecule has 2 heterocycles. The lowest BCUT2D eigenvalue weighted by atomic mass is 10.1. The molecule has 0 radical (unpaired) electrons. The molecule has 3 nitrogen and oxygen atoms in total. The molecule has 4 heteroatoms. The van der Waals surface area contributed by atoms with Gasteiger partial charge in [-0.25, -0.2) is 0 Å². The Balaban J connectivity index is 0.00000108. The Morgan fingerprint density at radius 2 is 2.06 bits per heavy atom. The second-order valence-corrected chi connectivity index (χ2v) is 4.63. The zero-order valence-corrected chi connectivity index (χ0v) is 10.6. The van der Waals surface area contributed by atoms with Gasteiger partial charge in [0.15, 0.2) is 0 Å². The summed E-state index contributed by atoms with van der Waals surface area (Å²) in [5.41, 5.74) is 4.05. The van der Waals surface area contributed by atoms with E-state index in [1.165, 1.54) is 16.7 Å². The predicted octanol–water partition coefficient (Wildman–Crippen LogP) is 1.83. The van der Waals surface area contributed by atoms with Crippen LogP contribution < -0.4 is 5.32 Å². The Labute approximate surface area is 108 Å². The summed E-state index contributed by atoms with van der Waals surface area (Å²) < 4.78 is 0. The Hall–Kier alpha value is -1.06. The number of amides is 1. The minimum atomic E-state index is 0. The first-order chi connectivity index (χ1) is 7.83. The molecular formula is C13H17ClN2O. The molecule has 0 saturated carbocycles. The number of carbonyl (C=O) groups excluding carboxylic acids is 1. The van der Waals surface area contributed by atoms with Crippen LogP contribution in [0.25, 0.3) is 0 Å². The van der Waals surface area contributed by atoms with E-state index >= 15 is 0 Å². The minimum absolute atomic E-state index is 0. The standard InChI is InChI=1S/C13H16N2O.ClH/c16-13-2-1-5-15(13)9-10-3-4-11-7-14-8-12(11)6-10;/h3-4,6,14H,1-2,5,7-9H2;1H. The highest BCUT2D eigenvalue weighted by Crippen LogP contribution is 2.20. The molecule has 0 aromatic heterocycles. The predicted molar refractivity (Wildman–Crippen MR) is 68.9 cm³/mol. The van der Waals surface area contributed by atoms with Crippen LogP contribution in [0, 0.1) is 0 Å². The maximum atomic E-state index is 11.5. The van der Waals surface area contributed by atoms with Crippen molar-refractivity contribution in [2.75, 3.05) is 6.54 Å². The summed E-state index contributed by atoms with van der Waals surface area (Å²) in [6.45, 7) is 3.66. The molecule has 92 valence electrons. The fraction of sp³-hybridized carbons (Fsp3) is 0.462. The third kappa shape index (κ3) is 2.45. The van der Waals surface area contributed by atoms with Crippen LogP contribution in [0.1, 0.15) is 29.5 Å². The first kappa shape index (κ1) is 12.4. The van der Waals surface area contributed by atoms with Crippen LogP contribution in [-0.4, -0.2) is 17.4 Å². The molecule has 1 aromatic carbocycles. The molecule has 0 aliphatic carbocycles. The summed E-state index contributed by atoms with van der Waals surface area (Å²) in [6, 6.07) is 6.57. The highest BCUT2D eigenvalue weighted by Gasteiger charge is 2.20. The van der Waals surface area contributed by atoms with Crippen molar-refractivity contribution in [3.8, 4) is 0 Å². The quantitative estimate of drug-likeness (QED) is 0.871. The Morgan fingerprint density at radius 1 is 1.24 bits per heavy atom. The fourth-order valence-corrected chi connectivity index (χ4v) is 2.54. The van der Waals surface area contributed by atoms with Gasteiger partial charge in [0, 0.05) is 32.6 Å². The van der Waals surface area contributed by atoms with E-state index in [0.717, 1.165) is 39.0 Å². The average Bonchev–Trinajstić information content (AvgIpc) is 2.88. The fourth-order valence-electron chi connectivity index (χ4n) is 2.54. The van der Waals surface area contributed by atoms with E-state index in [9.17, 15) is 4.79 Å². The van der Waals surface area contributed by atoms with Crippen molar-refractivity contribution in [1.29, 1.82) is 0 Å². The smallest absolute Gasteiger partial charge is 0.222 e. The number of fused-ring (bicyclic) bond motifs is 1. The van der Waals surface area contributed by atoms with Gasteiger partial charge in [0.1, 0.15) is 0 Å².